The quantitative estimate of drug-likeness (QED) is 0.416. The lowest BCUT2D eigenvalue weighted by atomic mass is 10.1. The SMILES string of the molecule is Cc1cc(C)cc(Oc2coc3cc(OCc4ccccc4C)ccc3c2=O)c1. The number of ether oxygens (including phenoxy) is 2. The van der Waals surface area contributed by atoms with Gasteiger partial charge in [-0.25, -0.2) is 0 Å². The van der Waals surface area contributed by atoms with Crippen LogP contribution in [0.2, 0.25) is 0 Å². The van der Waals surface area contributed by atoms with Crippen molar-refractivity contribution in [2.24, 2.45) is 0 Å². The van der Waals surface area contributed by atoms with Crippen molar-refractivity contribution in [3.8, 4) is 17.2 Å². The van der Waals surface area contributed by atoms with E-state index in [1.807, 2.05) is 50.2 Å². The summed E-state index contributed by atoms with van der Waals surface area (Å²) in [7, 11) is 0. The van der Waals surface area contributed by atoms with E-state index in [-0.39, 0.29) is 11.2 Å². The third kappa shape index (κ3) is 4.16. The maximum Gasteiger partial charge on any atom is 0.235 e. The van der Waals surface area contributed by atoms with Crippen molar-refractivity contribution < 1.29 is 13.9 Å². The molecule has 0 aliphatic carbocycles. The molecule has 29 heavy (non-hydrogen) atoms. The number of benzene rings is 3. The summed E-state index contributed by atoms with van der Waals surface area (Å²) in [6.45, 7) is 6.48. The van der Waals surface area contributed by atoms with Crippen molar-refractivity contribution in [1.29, 1.82) is 0 Å². The highest BCUT2D eigenvalue weighted by Gasteiger charge is 2.11. The van der Waals surface area contributed by atoms with E-state index in [2.05, 4.69) is 13.0 Å². The van der Waals surface area contributed by atoms with Crippen molar-refractivity contribution in [3.05, 3.63) is 99.4 Å². The van der Waals surface area contributed by atoms with Gasteiger partial charge in [0.25, 0.3) is 0 Å². The van der Waals surface area contributed by atoms with Crippen LogP contribution in [0.5, 0.6) is 17.2 Å². The number of aryl methyl sites for hydroxylation is 3. The first kappa shape index (κ1) is 18.8. The third-order valence-electron chi connectivity index (χ3n) is 4.79. The smallest absolute Gasteiger partial charge is 0.235 e. The van der Waals surface area contributed by atoms with Gasteiger partial charge in [0.15, 0.2) is 0 Å². The van der Waals surface area contributed by atoms with E-state index in [0.717, 1.165) is 16.7 Å². The molecule has 0 radical (unpaired) electrons. The Kier molecular flexibility index (Phi) is 5.09. The van der Waals surface area contributed by atoms with Crippen molar-refractivity contribution in [2.75, 3.05) is 0 Å². The Morgan fingerprint density at radius 3 is 2.38 bits per heavy atom. The van der Waals surface area contributed by atoms with E-state index in [0.29, 0.717) is 29.1 Å². The van der Waals surface area contributed by atoms with E-state index in [1.54, 1.807) is 18.2 Å². The Balaban J connectivity index is 1.58. The van der Waals surface area contributed by atoms with Gasteiger partial charge in [0, 0.05) is 6.07 Å². The molecule has 0 aliphatic heterocycles. The van der Waals surface area contributed by atoms with Crippen LogP contribution >= 0.6 is 0 Å². The van der Waals surface area contributed by atoms with Gasteiger partial charge in [-0.1, -0.05) is 30.3 Å². The van der Waals surface area contributed by atoms with E-state index < -0.39 is 0 Å². The monoisotopic (exact) mass is 386 g/mol. The highest BCUT2D eigenvalue weighted by atomic mass is 16.5. The molecular weight excluding hydrogens is 364 g/mol. The largest absolute Gasteiger partial charge is 0.489 e. The fraction of sp³-hybridized carbons (Fsp3) is 0.160. The molecule has 0 bridgehead atoms. The van der Waals surface area contributed by atoms with Crippen LogP contribution < -0.4 is 14.9 Å². The zero-order chi connectivity index (χ0) is 20.4. The number of hydrogen-bond donors (Lipinski definition) is 0. The Hall–Kier alpha value is -3.53. The summed E-state index contributed by atoms with van der Waals surface area (Å²) in [5.41, 5.74) is 4.68. The van der Waals surface area contributed by atoms with E-state index >= 15 is 0 Å². The fourth-order valence-corrected chi connectivity index (χ4v) is 3.30. The number of fused-ring (bicyclic) bond motifs is 1. The lowest BCUT2D eigenvalue weighted by Crippen LogP contribution is -2.05. The van der Waals surface area contributed by atoms with Crippen molar-refractivity contribution in [3.63, 3.8) is 0 Å². The van der Waals surface area contributed by atoms with Crippen LogP contribution in [0, 0.1) is 20.8 Å². The van der Waals surface area contributed by atoms with Crippen LogP contribution in [-0.4, -0.2) is 0 Å². The van der Waals surface area contributed by atoms with Gasteiger partial charge in [-0.3, -0.25) is 4.79 Å². The molecule has 4 nitrogen and oxygen atoms in total. The average Bonchev–Trinajstić information content (AvgIpc) is 2.69. The van der Waals surface area contributed by atoms with E-state index in [1.165, 1.54) is 11.8 Å². The second-order valence-corrected chi connectivity index (χ2v) is 7.23. The summed E-state index contributed by atoms with van der Waals surface area (Å²) >= 11 is 0. The summed E-state index contributed by atoms with van der Waals surface area (Å²) in [5, 5.41) is 0.454. The van der Waals surface area contributed by atoms with Crippen LogP contribution in [0.1, 0.15) is 22.3 Å². The first-order valence-electron chi connectivity index (χ1n) is 9.48. The molecule has 4 aromatic rings. The minimum atomic E-state index is -0.212. The van der Waals surface area contributed by atoms with Crippen LogP contribution in [0.4, 0.5) is 0 Å². The minimum absolute atomic E-state index is 0.163. The molecule has 1 heterocycles. The molecule has 0 unspecified atom stereocenters. The maximum absolute atomic E-state index is 12.8. The van der Waals surface area contributed by atoms with Gasteiger partial charge in [-0.2, -0.15) is 0 Å². The average molecular weight is 386 g/mol. The summed E-state index contributed by atoms with van der Waals surface area (Å²) in [4.78, 5) is 12.8. The van der Waals surface area contributed by atoms with Crippen LogP contribution in [-0.2, 0) is 6.61 Å². The van der Waals surface area contributed by atoms with Gasteiger partial charge in [0.1, 0.15) is 30.0 Å². The highest BCUT2D eigenvalue weighted by molar-refractivity contribution is 5.79. The van der Waals surface area contributed by atoms with E-state index in [4.69, 9.17) is 13.9 Å². The molecule has 0 aliphatic rings. The van der Waals surface area contributed by atoms with Gasteiger partial charge in [-0.05, 0) is 67.3 Å². The van der Waals surface area contributed by atoms with Crippen LogP contribution in [0.25, 0.3) is 11.0 Å². The molecule has 3 aromatic carbocycles. The van der Waals surface area contributed by atoms with Gasteiger partial charge >= 0.3 is 0 Å². The highest BCUT2D eigenvalue weighted by Crippen LogP contribution is 2.26. The normalized spacial score (nSPS) is 10.9. The van der Waals surface area contributed by atoms with Crippen molar-refractivity contribution >= 4 is 11.0 Å². The Morgan fingerprint density at radius 1 is 0.862 bits per heavy atom. The molecule has 0 atom stereocenters. The topological polar surface area (TPSA) is 48.7 Å². The van der Waals surface area contributed by atoms with Crippen LogP contribution in [0.3, 0.4) is 0 Å². The Bertz CT molecular complexity index is 1220. The molecule has 0 spiro atoms. The fourth-order valence-electron chi connectivity index (χ4n) is 3.30. The van der Waals surface area contributed by atoms with Gasteiger partial charge in [0.2, 0.25) is 11.2 Å². The molecule has 146 valence electrons. The first-order valence-corrected chi connectivity index (χ1v) is 9.48. The van der Waals surface area contributed by atoms with Gasteiger partial charge < -0.3 is 13.9 Å². The lowest BCUT2D eigenvalue weighted by Gasteiger charge is -2.10. The Morgan fingerprint density at radius 2 is 1.62 bits per heavy atom. The molecule has 0 amide bonds. The zero-order valence-corrected chi connectivity index (χ0v) is 16.7. The standard InChI is InChI=1S/C25H22O4/c1-16-10-17(2)12-21(11-16)29-24-15-28-23-13-20(8-9-22(23)25(24)26)27-14-19-7-5-4-6-18(19)3/h4-13,15H,14H2,1-3H3. The predicted molar refractivity (Wildman–Crippen MR) is 114 cm³/mol. The Labute approximate surface area is 169 Å². The summed E-state index contributed by atoms with van der Waals surface area (Å²) in [5.74, 6) is 1.43. The zero-order valence-electron chi connectivity index (χ0n) is 16.7. The summed E-state index contributed by atoms with van der Waals surface area (Å²) < 4.78 is 17.3. The van der Waals surface area contributed by atoms with Gasteiger partial charge in [0.05, 0.1) is 5.39 Å². The molecular formula is C25H22O4. The minimum Gasteiger partial charge on any atom is -0.489 e. The molecule has 4 rings (SSSR count). The summed E-state index contributed by atoms with van der Waals surface area (Å²) in [6, 6.07) is 19.1. The second-order valence-electron chi connectivity index (χ2n) is 7.23. The maximum atomic E-state index is 12.8. The predicted octanol–water partition coefficient (Wildman–Crippen LogP) is 6.09. The molecule has 0 saturated heterocycles. The van der Waals surface area contributed by atoms with Crippen LogP contribution in [0.15, 0.2) is 76.1 Å². The summed E-state index contributed by atoms with van der Waals surface area (Å²) in [6.07, 6.45) is 1.35. The molecule has 0 N–H and O–H groups in total. The number of hydrogen-bond acceptors (Lipinski definition) is 4. The number of rotatable bonds is 5. The van der Waals surface area contributed by atoms with Crippen molar-refractivity contribution in [2.45, 2.75) is 27.4 Å². The third-order valence-corrected chi connectivity index (χ3v) is 4.79. The second kappa shape index (κ2) is 7.84. The lowest BCUT2D eigenvalue weighted by molar-refractivity contribution is 0.305. The first-order chi connectivity index (χ1) is 14.0. The molecule has 4 heteroatoms. The molecule has 0 saturated carbocycles. The van der Waals surface area contributed by atoms with Gasteiger partial charge in [-0.15, -0.1) is 0 Å². The van der Waals surface area contributed by atoms with Crippen molar-refractivity contribution in [1.82, 2.24) is 0 Å². The molecule has 0 fully saturated rings. The molecule has 1 aromatic heterocycles. The van der Waals surface area contributed by atoms with E-state index in [9.17, 15) is 4.79 Å².